The number of fused-ring (bicyclic) bond motifs is 1. The van der Waals surface area contributed by atoms with Gasteiger partial charge in [-0.05, 0) is 50.2 Å². The Morgan fingerprint density at radius 3 is 2.57 bits per heavy atom. The Bertz CT molecular complexity index is 1350. The predicted octanol–water partition coefficient (Wildman–Crippen LogP) is 4.72. The molecule has 3 aromatic carbocycles. The van der Waals surface area contributed by atoms with Gasteiger partial charge in [-0.3, -0.25) is 15.1 Å². The highest BCUT2D eigenvalue weighted by Gasteiger charge is 2.34. The molecule has 1 amide bonds. The number of rotatable bonds is 7. The number of aromatic nitrogens is 1. The van der Waals surface area contributed by atoms with Gasteiger partial charge in [0.05, 0.1) is 5.52 Å². The summed E-state index contributed by atoms with van der Waals surface area (Å²) < 4.78 is 0. The third-order valence-electron chi connectivity index (χ3n) is 7.42. The van der Waals surface area contributed by atoms with Crippen LogP contribution in [0.1, 0.15) is 35.0 Å². The molecule has 1 aliphatic rings. The molecule has 2 heterocycles. The first-order chi connectivity index (χ1) is 18.0. The van der Waals surface area contributed by atoms with Gasteiger partial charge < -0.3 is 14.9 Å². The van der Waals surface area contributed by atoms with Crippen LogP contribution in [0, 0.1) is 0 Å². The number of hydrogen-bond acceptors (Lipinski definition) is 5. The second-order valence-electron chi connectivity index (χ2n) is 9.95. The van der Waals surface area contributed by atoms with E-state index in [0.717, 1.165) is 40.4 Å². The second kappa shape index (κ2) is 11.2. The maximum Gasteiger partial charge on any atom is 0.254 e. The van der Waals surface area contributed by atoms with Crippen LogP contribution in [-0.2, 0) is 0 Å². The van der Waals surface area contributed by atoms with Crippen molar-refractivity contribution in [3.8, 4) is 11.1 Å². The van der Waals surface area contributed by atoms with E-state index in [0.29, 0.717) is 18.7 Å². The normalized spacial score (nSPS) is 18.8. The zero-order chi connectivity index (χ0) is 25.8. The van der Waals surface area contributed by atoms with Crippen molar-refractivity contribution in [1.29, 1.82) is 0 Å². The number of hydrogen-bond donors (Lipinski definition) is 2. The van der Waals surface area contributed by atoms with Gasteiger partial charge >= 0.3 is 0 Å². The Morgan fingerprint density at radius 1 is 1.00 bits per heavy atom. The lowest BCUT2D eigenvalue weighted by Gasteiger charge is -2.42. The number of piperidine rings is 1. The van der Waals surface area contributed by atoms with E-state index in [1.807, 2.05) is 89.8 Å². The van der Waals surface area contributed by atoms with E-state index in [-0.39, 0.29) is 18.0 Å². The maximum atomic E-state index is 14.1. The lowest BCUT2D eigenvalue weighted by atomic mass is 9.94. The lowest BCUT2D eigenvalue weighted by Crippen LogP contribution is -2.55. The van der Waals surface area contributed by atoms with Gasteiger partial charge in [-0.15, -0.1) is 0 Å². The summed E-state index contributed by atoms with van der Waals surface area (Å²) in [6, 6.07) is 27.9. The van der Waals surface area contributed by atoms with Gasteiger partial charge in [-0.25, -0.2) is 0 Å². The molecule has 37 heavy (non-hydrogen) atoms. The average molecular weight is 495 g/mol. The quantitative estimate of drug-likeness (QED) is 0.364. The zero-order valence-electron chi connectivity index (χ0n) is 21.4. The Balaban J connectivity index is 1.39. The molecule has 0 saturated carbocycles. The van der Waals surface area contributed by atoms with Gasteiger partial charge in [0.25, 0.3) is 5.91 Å². The standard InChI is InChI=1S/C31H34N4O2/c1-34(2)25-18-17-24(20-33-30(36)28-16-8-12-23-13-9-19-32-29(23)28)35(21-25)31(37)27-15-7-6-14-26(27)22-10-4-3-5-11-22/h3-16,19,24-25,30,33,36H,17-18,20-21H2,1-2H3. The molecular weight excluding hydrogens is 460 g/mol. The third kappa shape index (κ3) is 5.42. The van der Waals surface area contributed by atoms with Crippen molar-refractivity contribution in [1.82, 2.24) is 20.1 Å². The highest BCUT2D eigenvalue weighted by atomic mass is 16.3. The Kier molecular flexibility index (Phi) is 7.60. The van der Waals surface area contributed by atoms with Crippen molar-refractivity contribution < 1.29 is 9.90 Å². The molecule has 3 unspecified atom stereocenters. The highest BCUT2D eigenvalue weighted by molar-refractivity contribution is 6.01. The number of nitrogens with one attached hydrogen (secondary N) is 1. The third-order valence-corrected chi connectivity index (χ3v) is 7.42. The van der Waals surface area contributed by atoms with Crippen LogP contribution >= 0.6 is 0 Å². The molecule has 0 spiro atoms. The van der Waals surface area contributed by atoms with E-state index in [2.05, 4.69) is 29.3 Å². The van der Waals surface area contributed by atoms with E-state index in [1.165, 1.54) is 0 Å². The monoisotopic (exact) mass is 494 g/mol. The number of aliphatic hydroxyl groups is 1. The SMILES string of the molecule is CN(C)C1CCC(CNC(O)c2cccc3cccnc23)N(C(=O)c2ccccc2-c2ccccc2)C1. The van der Waals surface area contributed by atoms with Gasteiger partial charge in [0.15, 0.2) is 0 Å². The molecule has 0 aliphatic carbocycles. The fraction of sp³-hybridized carbons (Fsp3) is 0.290. The molecule has 0 bridgehead atoms. The number of carbonyl (C=O) groups excluding carboxylic acids is 1. The fourth-order valence-electron chi connectivity index (χ4n) is 5.29. The molecule has 1 aliphatic heterocycles. The van der Waals surface area contributed by atoms with Gasteiger partial charge in [0.1, 0.15) is 6.23 Å². The molecule has 4 aromatic rings. The number of likely N-dealkylation sites (tertiary alicyclic amines) is 1. The molecule has 1 saturated heterocycles. The van der Waals surface area contributed by atoms with Gasteiger partial charge in [-0.1, -0.05) is 72.8 Å². The Hall–Kier alpha value is -3.58. The number of amides is 1. The number of pyridine rings is 1. The number of benzene rings is 3. The first-order valence-corrected chi connectivity index (χ1v) is 12.9. The smallest absolute Gasteiger partial charge is 0.254 e. The van der Waals surface area contributed by atoms with Crippen LogP contribution in [0.3, 0.4) is 0 Å². The summed E-state index contributed by atoms with van der Waals surface area (Å²) >= 11 is 0. The molecule has 5 rings (SSSR count). The highest BCUT2D eigenvalue weighted by Crippen LogP contribution is 2.29. The van der Waals surface area contributed by atoms with E-state index < -0.39 is 6.23 Å². The number of nitrogens with zero attached hydrogens (tertiary/aromatic N) is 3. The Morgan fingerprint density at radius 2 is 1.76 bits per heavy atom. The Labute approximate surface area is 218 Å². The number of para-hydroxylation sites is 1. The van der Waals surface area contributed by atoms with Crippen LogP contribution in [-0.4, -0.2) is 65.1 Å². The van der Waals surface area contributed by atoms with Crippen LogP contribution < -0.4 is 5.32 Å². The summed E-state index contributed by atoms with van der Waals surface area (Å²) in [4.78, 5) is 22.7. The topological polar surface area (TPSA) is 68.7 Å². The van der Waals surface area contributed by atoms with Gasteiger partial charge in [0, 0.05) is 47.9 Å². The van der Waals surface area contributed by atoms with Crippen molar-refractivity contribution >= 4 is 16.8 Å². The number of carbonyl (C=O) groups is 1. The second-order valence-corrected chi connectivity index (χ2v) is 9.95. The minimum absolute atomic E-state index is 0.0270. The summed E-state index contributed by atoms with van der Waals surface area (Å²) in [5, 5.41) is 15.3. The lowest BCUT2D eigenvalue weighted by molar-refractivity contribution is 0.0427. The van der Waals surface area contributed by atoms with E-state index in [9.17, 15) is 9.90 Å². The van der Waals surface area contributed by atoms with Crippen molar-refractivity contribution in [2.75, 3.05) is 27.2 Å². The summed E-state index contributed by atoms with van der Waals surface area (Å²) in [6.45, 7) is 1.14. The van der Waals surface area contributed by atoms with E-state index in [4.69, 9.17) is 0 Å². The van der Waals surface area contributed by atoms with Crippen LogP contribution in [0.5, 0.6) is 0 Å². The van der Waals surface area contributed by atoms with Crippen LogP contribution in [0.15, 0.2) is 91.1 Å². The van der Waals surface area contributed by atoms with Crippen molar-refractivity contribution in [2.24, 2.45) is 0 Å². The maximum absolute atomic E-state index is 14.1. The summed E-state index contributed by atoms with van der Waals surface area (Å²) in [5.74, 6) is 0.0270. The average Bonchev–Trinajstić information content (AvgIpc) is 2.95. The summed E-state index contributed by atoms with van der Waals surface area (Å²) in [6.07, 6.45) is 2.72. The van der Waals surface area contributed by atoms with E-state index >= 15 is 0 Å². The molecule has 2 N–H and O–H groups in total. The molecule has 0 radical (unpaired) electrons. The molecule has 1 fully saturated rings. The molecule has 6 nitrogen and oxygen atoms in total. The largest absolute Gasteiger partial charge is 0.374 e. The van der Waals surface area contributed by atoms with Gasteiger partial charge in [-0.2, -0.15) is 0 Å². The first-order valence-electron chi connectivity index (χ1n) is 12.9. The van der Waals surface area contributed by atoms with Crippen LogP contribution in [0.4, 0.5) is 0 Å². The van der Waals surface area contributed by atoms with Crippen LogP contribution in [0.2, 0.25) is 0 Å². The molecule has 190 valence electrons. The molecule has 1 aromatic heterocycles. The minimum Gasteiger partial charge on any atom is -0.374 e. The predicted molar refractivity (Wildman–Crippen MR) is 148 cm³/mol. The van der Waals surface area contributed by atoms with Crippen molar-refractivity contribution in [3.05, 3.63) is 102 Å². The fourth-order valence-corrected chi connectivity index (χ4v) is 5.29. The number of aliphatic hydroxyl groups excluding tert-OH is 1. The first kappa shape index (κ1) is 25.1. The minimum atomic E-state index is -0.876. The van der Waals surface area contributed by atoms with Crippen molar-refractivity contribution in [2.45, 2.75) is 31.2 Å². The molecule has 6 heteroatoms. The van der Waals surface area contributed by atoms with Gasteiger partial charge in [0.2, 0.25) is 0 Å². The molecule has 3 atom stereocenters. The molecular formula is C31H34N4O2. The van der Waals surface area contributed by atoms with Crippen LogP contribution in [0.25, 0.3) is 22.0 Å². The summed E-state index contributed by atoms with van der Waals surface area (Å²) in [7, 11) is 4.14. The van der Waals surface area contributed by atoms with E-state index in [1.54, 1.807) is 6.20 Å². The van der Waals surface area contributed by atoms with Crippen molar-refractivity contribution in [3.63, 3.8) is 0 Å². The number of likely N-dealkylation sites (N-methyl/N-ethyl adjacent to an activating group) is 1. The summed E-state index contributed by atoms with van der Waals surface area (Å²) in [5.41, 5.74) is 4.20. The zero-order valence-corrected chi connectivity index (χ0v) is 21.4.